The number of carbonyl (C=O) groups excluding carboxylic acids is 1. The first-order valence-electron chi connectivity index (χ1n) is 5.89. The van der Waals surface area contributed by atoms with Crippen molar-refractivity contribution in [2.45, 2.75) is 6.92 Å². The largest absolute Gasteiger partial charge is 0.322 e. The maximum atomic E-state index is 13.3. The van der Waals surface area contributed by atoms with Gasteiger partial charge in [-0.2, -0.15) is 0 Å². The van der Waals surface area contributed by atoms with Crippen molar-refractivity contribution in [1.82, 2.24) is 0 Å². The van der Waals surface area contributed by atoms with Crippen molar-refractivity contribution in [3.8, 4) is 0 Å². The number of nitrogens with one attached hydrogen (secondary N) is 1. The fraction of sp³-hybridized carbons (Fsp3) is 0.0714. The molecule has 5 nitrogen and oxygen atoms in total. The van der Waals surface area contributed by atoms with Crippen LogP contribution in [0.2, 0.25) is 0 Å². The highest BCUT2D eigenvalue weighted by molar-refractivity contribution is 9.10. The minimum atomic E-state index is -0.789. The van der Waals surface area contributed by atoms with E-state index < -0.39 is 22.3 Å². The molecule has 7 heteroatoms. The number of benzene rings is 2. The highest BCUT2D eigenvalue weighted by atomic mass is 79.9. The summed E-state index contributed by atoms with van der Waals surface area (Å²) < 4.78 is 13.9. The van der Waals surface area contributed by atoms with Crippen LogP contribution in [0.4, 0.5) is 15.8 Å². The summed E-state index contributed by atoms with van der Waals surface area (Å²) in [5, 5.41) is 13.1. The third-order valence-electron chi connectivity index (χ3n) is 2.72. The zero-order chi connectivity index (χ0) is 15.6. The van der Waals surface area contributed by atoms with Crippen molar-refractivity contribution >= 4 is 33.2 Å². The highest BCUT2D eigenvalue weighted by Crippen LogP contribution is 2.23. The molecule has 21 heavy (non-hydrogen) atoms. The van der Waals surface area contributed by atoms with Crippen LogP contribution in [0.3, 0.4) is 0 Å². The SMILES string of the molecule is Cc1ccc(Br)c(C(=O)Nc2cc(F)cc([N+](=O)[O-])c2)c1. The van der Waals surface area contributed by atoms with Gasteiger partial charge in [-0.15, -0.1) is 0 Å². The minimum absolute atomic E-state index is 0.0279. The number of carbonyl (C=O) groups is 1. The zero-order valence-corrected chi connectivity index (χ0v) is 12.5. The summed E-state index contributed by atoms with van der Waals surface area (Å²) >= 11 is 3.25. The van der Waals surface area contributed by atoms with Crippen LogP contribution < -0.4 is 5.32 Å². The molecule has 108 valence electrons. The molecular formula is C14H10BrFN2O3. The van der Waals surface area contributed by atoms with Crippen LogP contribution >= 0.6 is 15.9 Å². The van der Waals surface area contributed by atoms with Crippen molar-refractivity contribution in [3.05, 3.63) is 67.9 Å². The van der Waals surface area contributed by atoms with E-state index in [2.05, 4.69) is 21.2 Å². The summed E-state index contributed by atoms with van der Waals surface area (Å²) in [6.07, 6.45) is 0. The van der Waals surface area contributed by atoms with E-state index in [0.717, 1.165) is 23.8 Å². The zero-order valence-electron chi connectivity index (χ0n) is 10.9. The van der Waals surface area contributed by atoms with Gasteiger partial charge in [0.15, 0.2) is 0 Å². The van der Waals surface area contributed by atoms with Crippen molar-refractivity contribution in [1.29, 1.82) is 0 Å². The lowest BCUT2D eigenvalue weighted by molar-refractivity contribution is -0.385. The van der Waals surface area contributed by atoms with Gasteiger partial charge in [0.25, 0.3) is 11.6 Å². The molecule has 0 aromatic heterocycles. The number of hydrogen-bond donors (Lipinski definition) is 1. The summed E-state index contributed by atoms with van der Waals surface area (Å²) in [5.74, 6) is -1.27. The van der Waals surface area contributed by atoms with Gasteiger partial charge >= 0.3 is 0 Å². The number of non-ortho nitro benzene ring substituents is 1. The normalized spacial score (nSPS) is 10.2. The number of nitro groups is 1. The molecular weight excluding hydrogens is 343 g/mol. The number of aryl methyl sites for hydroxylation is 1. The van der Waals surface area contributed by atoms with Gasteiger partial charge in [-0.25, -0.2) is 4.39 Å². The standard InChI is InChI=1S/C14H10BrFN2O3/c1-8-2-3-13(15)12(4-8)14(19)17-10-5-9(16)6-11(7-10)18(20)21/h2-7H,1H3,(H,17,19). The van der Waals surface area contributed by atoms with Gasteiger partial charge in [-0.05, 0) is 41.1 Å². The second kappa shape index (κ2) is 6.01. The minimum Gasteiger partial charge on any atom is -0.322 e. The van der Waals surface area contributed by atoms with Crippen LogP contribution in [-0.4, -0.2) is 10.8 Å². The fourth-order valence-electron chi connectivity index (χ4n) is 1.76. The second-order valence-electron chi connectivity index (χ2n) is 4.39. The van der Waals surface area contributed by atoms with Crippen molar-refractivity contribution in [2.75, 3.05) is 5.32 Å². The third kappa shape index (κ3) is 3.63. The van der Waals surface area contributed by atoms with Gasteiger partial charge in [0.1, 0.15) is 5.82 Å². The van der Waals surface area contributed by atoms with Crippen molar-refractivity contribution in [3.63, 3.8) is 0 Å². The molecule has 0 bridgehead atoms. The van der Waals surface area contributed by atoms with Crippen molar-refractivity contribution in [2.24, 2.45) is 0 Å². The average molecular weight is 353 g/mol. The number of nitro benzene ring substituents is 1. The average Bonchev–Trinajstić information content (AvgIpc) is 2.40. The maximum Gasteiger partial charge on any atom is 0.274 e. The Balaban J connectivity index is 2.31. The molecule has 0 heterocycles. The number of hydrogen-bond acceptors (Lipinski definition) is 3. The van der Waals surface area contributed by atoms with E-state index in [9.17, 15) is 19.3 Å². The Morgan fingerprint density at radius 2 is 2.00 bits per heavy atom. The smallest absolute Gasteiger partial charge is 0.274 e. The molecule has 0 aliphatic carbocycles. The van der Waals surface area contributed by atoms with Gasteiger partial charge in [0, 0.05) is 10.5 Å². The van der Waals surface area contributed by atoms with Gasteiger partial charge in [0.05, 0.1) is 22.2 Å². The lowest BCUT2D eigenvalue weighted by Gasteiger charge is -2.08. The molecule has 0 aliphatic rings. The Labute approximate surface area is 128 Å². The van der Waals surface area contributed by atoms with Crippen LogP contribution in [0, 0.1) is 22.9 Å². The number of amides is 1. The predicted octanol–water partition coefficient (Wildman–Crippen LogP) is 4.06. The van der Waals surface area contributed by atoms with E-state index in [0.29, 0.717) is 10.0 Å². The second-order valence-corrected chi connectivity index (χ2v) is 5.25. The van der Waals surface area contributed by atoms with Gasteiger partial charge in [0.2, 0.25) is 0 Å². The molecule has 0 saturated heterocycles. The summed E-state index contributed by atoms with van der Waals surface area (Å²) in [7, 11) is 0. The van der Waals surface area contributed by atoms with Gasteiger partial charge < -0.3 is 5.32 Å². The summed E-state index contributed by atoms with van der Waals surface area (Å²) in [6.45, 7) is 1.83. The number of nitrogens with zero attached hydrogens (tertiary/aromatic N) is 1. The van der Waals surface area contributed by atoms with Gasteiger partial charge in [-0.3, -0.25) is 14.9 Å². The number of halogens is 2. The first-order chi connectivity index (χ1) is 9.86. The molecule has 0 atom stereocenters. The Hall–Kier alpha value is -2.28. The molecule has 2 aromatic rings. The van der Waals surface area contributed by atoms with E-state index in [1.54, 1.807) is 12.1 Å². The molecule has 0 fully saturated rings. The van der Waals surface area contributed by atoms with Crippen molar-refractivity contribution < 1.29 is 14.1 Å². The van der Waals surface area contributed by atoms with Gasteiger partial charge in [-0.1, -0.05) is 11.6 Å². The topological polar surface area (TPSA) is 72.2 Å². The maximum absolute atomic E-state index is 13.3. The predicted molar refractivity (Wildman–Crippen MR) is 79.9 cm³/mol. The third-order valence-corrected chi connectivity index (χ3v) is 3.41. The van der Waals surface area contributed by atoms with E-state index in [1.165, 1.54) is 0 Å². The molecule has 0 saturated carbocycles. The quantitative estimate of drug-likeness (QED) is 0.668. The molecule has 0 aliphatic heterocycles. The van der Waals surface area contributed by atoms with E-state index in [1.807, 2.05) is 13.0 Å². The van der Waals surface area contributed by atoms with E-state index in [4.69, 9.17) is 0 Å². The van der Waals surface area contributed by atoms with Crippen LogP contribution in [0.1, 0.15) is 15.9 Å². The lowest BCUT2D eigenvalue weighted by Crippen LogP contribution is -2.13. The number of rotatable bonds is 3. The molecule has 1 amide bonds. The monoisotopic (exact) mass is 352 g/mol. The van der Waals surface area contributed by atoms with Crippen LogP contribution in [0.25, 0.3) is 0 Å². The van der Waals surface area contributed by atoms with Crippen LogP contribution in [0.5, 0.6) is 0 Å². The molecule has 2 rings (SSSR count). The summed E-state index contributed by atoms with van der Waals surface area (Å²) in [4.78, 5) is 22.1. The van der Waals surface area contributed by atoms with E-state index in [-0.39, 0.29) is 5.69 Å². The summed E-state index contributed by atoms with van der Waals surface area (Å²) in [6, 6.07) is 8.12. The Morgan fingerprint density at radius 3 is 2.67 bits per heavy atom. The molecule has 2 aromatic carbocycles. The first-order valence-corrected chi connectivity index (χ1v) is 6.68. The van der Waals surface area contributed by atoms with Crippen LogP contribution in [0.15, 0.2) is 40.9 Å². The van der Waals surface area contributed by atoms with E-state index >= 15 is 0 Å². The molecule has 0 radical (unpaired) electrons. The Kier molecular flexibility index (Phi) is 4.32. The van der Waals surface area contributed by atoms with Crippen LogP contribution in [-0.2, 0) is 0 Å². The molecule has 0 unspecified atom stereocenters. The summed E-state index contributed by atoms with van der Waals surface area (Å²) in [5.41, 5.74) is 0.851. The first kappa shape index (κ1) is 15.1. The highest BCUT2D eigenvalue weighted by Gasteiger charge is 2.14. The molecule has 0 spiro atoms. The number of anilines is 1. The lowest BCUT2D eigenvalue weighted by atomic mass is 10.1. The molecule has 1 N–H and O–H groups in total. The Bertz CT molecular complexity index is 734. The fourth-order valence-corrected chi connectivity index (χ4v) is 2.19. The Morgan fingerprint density at radius 1 is 1.29 bits per heavy atom.